The Morgan fingerprint density at radius 1 is 1.00 bits per heavy atom. The second-order valence-electron chi connectivity index (χ2n) is 5.06. The fourth-order valence-electron chi connectivity index (χ4n) is 2.03. The lowest BCUT2D eigenvalue weighted by Gasteiger charge is -2.07. The topological polar surface area (TPSA) is 46.5 Å². The molecule has 0 atom stereocenters. The van der Waals surface area contributed by atoms with E-state index in [1.54, 1.807) is 18.6 Å². The molecule has 0 saturated heterocycles. The van der Waals surface area contributed by atoms with Gasteiger partial charge in [0.05, 0.1) is 11.9 Å². The molecule has 0 radical (unpaired) electrons. The van der Waals surface area contributed by atoms with Crippen LogP contribution in [0.4, 0.5) is 5.69 Å². The Morgan fingerprint density at radius 2 is 1.75 bits per heavy atom. The number of anilines is 1. The summed E-state index contributed by atoms with van der Waals surface area (Å²) in [7, 11) is 0. The van der Waals surface area contributed by atoms with Crippen molar-refractivity contribution in [3.05, 3.63) is 89.2 Å². The average molecular weight is 338 g/mol. The van der Waals surface area contributed by atoms with Gasteiger partial charge in [-0.2, -0.15) is 5.10 Å². The predicted octanol–water partition coefficient (Wildman–Crippen LogP) is 4.76. The van der Waals surface area contributed by atoms with Crippen LogP contribution in [0.25, 0.3) is 0 Å². The van der Waals surface area contributed by atoms with Crippen LogP contribution < -0.4 is 10.2 Å². The van der Waals surface area contributed by atoms with Crippen LogP contribution in [-0.4, -0.2) is 11.2 Å². The third-order valence-electron chi connectivity index (χ3n) is 3.32. The molecule has 1 N–H and O–H groups in total. The molecule has 2 aromatic carbocycles. The van der Waals surface area contributed by atoms with E-state index in [0.29, 0.717) is 11.6 Å². The third kappa shape index (κ3) is 4.57. The number of hydrogen-bond acceptors (Lipinski definition) is 4. The third-order valence-corrected chi connectivity index (χ3v) is 3.69. The molecule has 120 valence electrons. The summed E-state index contributed by atoms with van der Waals surface area (Å²) in [6.07, 6.45) is 5.17. The summed E-state index contributed by atoms with van der Waals surface area (Å²) >= 11 is 6.12. The average Bonchev–Trinajstić information content (AvgIpc) is 2.63. The van der Waals surface area contributed by atoms with E-state index in [-0.39, 0.29) is 0 Å². The fourth-order valence-corrected chi connectivity index (χ4v) is 2.22. The van der Waals surface area contributed by atoms with Gasteiger partial charge >= 0.3 is 0 Å². The van der Waals surface area contributed by atoms with Crippen LogP contribution in [0.15, 0.2) is 78.2 Å². The number of hydrazone groups is 1. The summed E-state index contributed by atoms with van der Waals surface area (Å²) in [5.74, 6) is 0.786. The van der Waals surface area contributed by atoms with Gasteiger partial charge in [0, 0.05) is 23.0 Å². The standard InChI is InChI=1S/C19H16ClN3O/c20-19-4-2-1-3-16(19)14-24-18-7-5-15(6-8-18)13-22-23-17-9-11-21-12-10-17/h1-13H,14H2,(H,21,23)/b22-13+. The molecule has 0 fully saturated rings. The zero-order valence-electron chi connectivity index (χ0n) is 12.9. The van der Waals surface area contributed by atoms with E-state index in [4.69, 9.17) is 16.3 Å². The Hall–Kier alpha value is -2.85. The molecule has 0 aliphatic heterocycles. The molecule has 1 heterocycles. The molecular formula is C19H16ClN3O. The first kappa shape index (κ1) is 16.0. The number of rotatable bonds is 6. The lowest BCUT2D eigenvalue weighted by molar-refractivity contribution is 0.306. The van der Waals surface area contributed by atoms with Gasteiger partial charge in [-0.3, -0.25) is 10.4 Å². The molecule has 24 heavy (non-hydrogen) atoms. The highest BCUT2D eigenvalue weighted by Gasteiger charge is 2.00. The van der Waals surface area contributed by atoms with Crippen molar-refractivity contribution in [1.82, 2.24) is 4.98 Å². The first-order valence-electron chi connectivity index (χ1n) is 7.46. The maximum absolute atomic E-state index is 6.12. The fraction of sp³-hybridized carbons (Fsp3) is 0.0526. The zero-order chi connectivity index (χ0) is 16.6. The summed E-state index contributed by atoms with van der Waals surface area (Å²) in [6.45, 7) is 0.441. The first-order chi connectivity index (χ1) is 11.8. The van der Waals surface area contributed by atoms with Crippen LogP contribution in [0.5, 0.6) is 5.75 Å². The molecule has 5 heteroatoms. The number of nitrogens with zero attached hydrogens (tertiary/aromatic N) is 2. The number of halogens is 1. The molecule has 3 aromatic rings. The molecule has 0 aliphatic carbocycles. The van der Waals surface area contributed by atoms with Crippen molar-refractivity contribution in [3.8, 4) is 5.75 Å². The summed E-state index contributed by atoms with van der Waals surface area (Å²) in [5.41, 5.74) is 5.77. The maximum Gasteiger partial charge on any atom is 0.119 e. The molecule has 0 unspecified atom stereocenters. The van der Waals surface area contributed by atoms with Crippen molar-refractivity contribution in [1.29, 1.82) is 0 Å². The minimum atomic E-state index is 0.441. The Kier molecular flexibility index (Phi) is 5.43. The second kappa shape index (κ2) is 8.13. The molecular weight excluding hydrogens is 322 g/mol. The van der Waals surface area contributed by atoms with E-state index in [1.807, 2.05) is 60.7 Å². The summed E-state index contributed by atoms with van der Waals surface area (Å²) in [6, 6.07) is 19.1. The highest BCUT2D eigenvalue weighted by molar-refractivity contribution is 6.31. The van der Waals surface area contributed by atoms with E-state index in [1.165, 1.54) is 0 Å². The van der Waals surface area contributed by atoms with E-state index in [2.05, 4.69) is 15.5 Å². The van der Waals surface area contributed by atoms with Gasteiger partial charge in [-0.15, -0.1) is 0 Å². The van der Waals surface area contributed by atoms with E-state index < -0.39 is 0 Å². The minimum absolute atomic E-state index is 0.441. The van der Waals surface area contributed by atoms with Crippen molar-refractivity contribution < 1.29 is 4.74 Å². The predicted molar refractivity (Wildman–Crippen MR) is 97.7 cm³/mol. The van der Waals surface area contributed by atoms with Crippen molar-refractivity contribution >= 4 is 23.5 Å². The first-order valence-corrected chi connectivity index (χ1v) is 7.84. The summed E-state index contributed by atoms with van der Waals surface area (Å²) in [5, 5.41) is 4.90. The zero-order valence-corrected chi connectivity index (χ0v) is 13.6. The van der Waals surface area contributed by atoms with Gasteiger partial charge < -0.3 is 4.74 Å². The molecule has 0 spiro atoms. The Morgan fingerprint density at radius 3 is 2.50 bits per heavy atom. The molecule has 3 rings (SSSR count). The highest BCUT2D eigenvalue weighted by atomic mass is 35.5. The van der Waals surface area contributed by atoms with E-state index in [9.17, 15) is 0 Å². The number of pyridine rings is 1. The van der Waals surface area contributed by atoms with Gasteiger partial charge in [-0.1, -0.05) is 29.8 Å². The van der Waals surface area contributed by atoms with Crippen LogP contribution in [0.2, 0.25) is 5.02 Å². The van der Waals surface area contributed by atoms with Crippen molar-refractivity contribution in [2.75, 3.05) is 5.43 Å². The Labute approximate surface area is 145 Å². The Balaban J connectivity index is 1.54. The number of nitrogens with one attached hydrogen (secondary N) is 1. The van der Waals surface area contributed by atoms with Crippen LogP contribution in [0.1, 0.15) is 11.1 Å². The van der Waals surface area contributed by atoms with E-state index in [0.717, 1.165) is 22.6 Å². The van der Waals surface area contributed by atoms with Gasteiger partial charge in [0.2, 0.25) is 0 Å². The van der Waals surface area contributed by atoms with Crippen molar-refractivity contribution in [2.45, 2.75) is 6.61 Å². The number of hydrogen-bond donors (Lipinski definition) is 1. The largest absolute Gasteiger partial charge is 0.489 e. The molecule has 0 aliphatic rings. The molecule has 4 nitrogen and oxygen atoms in total. The smallest absolute Gasteiger partial charge is 0.119 e. The Bertz CT molecular complexity index is 804. The lowest BCUT2D eigenvalue weighted by atomic mass is 10.2. The molecule has 0 saturated carbocycles. The maximum atomic E-state index is 6.12. The second-order valence-corrected chi connectivity index (χ2v) is 5.46. The van der Waals surface area contributed by atoms with Crippen LogP contribution in [0.3, 0.4) is 0 Å². The highest BCUT2D eigenvalue weighted by Crippen LogP contribution is 2.18. The van der Waals surface area contributed by atoms with Crippen LogP contribution in [-0.2, 0) is 6.61 Å². The van der Waals surface area contributed by atoms with Gasteiger partial charge in [0.25, 0.3) is 0 Å². The number of benzene rings is 2. The molecule has 0 amide bonds. The minimum Gasteiger partial charge on any atom is -0.489 e. The molecule has 1 aromatic heterocycles. The monoisotopic (exact) mass is 337 g/mol. The van der Waals surface area contributed by atoms with Crippen LogP contribution in [0, 0.1) is 0 Å². The van der Waals surface area contributed by atoms with Crippen LogP contribution >= 0.6 is 11.6 Å². The van der Waals surface area contributed by atoms with Gasteiger partial charge in [0.15, 0.2) is 0 Å². The SMILES string of the molecule is Clc1ccccc1COc1ccc(/C=N/Nc2ccncc2)cc1. The lowest BCUT2D eigenvalue weighted by Crippen LogP contribution is -1.96. The van der Waals surface area contributed by atoms with Gasteiger partial charge in [0.1, 0.15) is 12.4 Å². The van der Waals surface area contributed by atoms with Crippen molar-refractivity contribution in [3.63, 3.8) is 0 Å². The quantitative estimate of drug-likeness (QED) is 0.521. The van der Waals surface area contributed by atoms with Gasteiger partial charge in [-0.05, 0) is 48.0 Å². The van der Waals surface area contributed by atoms with E-state index >= 15 is 0 Å². The number of aromatic nitrogens is 1. The van der Waals surface area contributed by atoms with Crippen molar-refractivity contribution in [2.24, 2.45) is 5.10 Å². The summed E-state index contributed by atoms with van der Waals surface area (Å²) in [4.78, 5) is 3.95. The summed E-state index contributed by atoms with van der Waals surface area (Å²) < 4.78 is 5.75. The molecule has 0 bridgehead atoms. The number of ether oxygens (including phenoxy) is 1. The normalized spacial score (nSPS) is 10.7. The van der Waals surface area contributed by atoms with Gasteiger partial charge in [-0.25, -0.2) is 0 Å².